The summed E-state index contributed by atoms with van der Waals surface area (Å²) < 4.78 is 74.7. The Morgan fingerprint density at radius 3 is 1.84 bits per heavy atom. The van der Waals surface area contributed by atoms with Crippen LogP contribution in [-0.2, 0) is 33.1 Å². The zero-order valence-electron chi connectivity index (χ0n) is 32.2. The van der Waals surface area contributed by atoms with Crippen molar-refractivity contribution in [1.82, 2.24) is 15.0 Å². The summed E-state index contributed by atoms with van der Waals surface area (Å²) in [4.78, 5) is 13.5. The molecule has 12 nitrogen and oxygen atoms in total. The number of rotatable bonds is 13. The van der Waals surface area contributed by atoms with Crippen LogP contribution in [0.15, 0.2) is 188 Å². The van der Waals surface area contributed by atoms with Crippen LogP contribution < -0.4 is 14.6 Å². The van der Waals surface area contributed by atoms with Gasteiger partial charge >= 0.3 is 0 Å². The van der Waals surface area contributed by atoms with Crippen molar-refractivity contribution in [2.75, 3.05) is 4.72 Å². The van der Waals surface area contributed by atoms with Crippen molar-refractivity contribution in [1.29, 1.82) is 0 Å². The van der Waals surface area contributed by atoms with Crippen LogP contribution in [0.5, 0.6) is 5.88 Å². The second kappa shape index (κ2) is 16.3. The van der Waals surface area contributed by atoms with Gasteiger partial charge in [0, 0.05) is 40.1 Å². The molecule has 61 heavy (non-hydrogen) atoms. The molecule has 3 heterocycles. The fourth-order valence-corrected chi connectivity index (χ4v) is 8.67. The zero-order valence-corrected chi connectivity index (χ0v) is 33.8. The van der Waals surface area contributed by atoms with Gasteiger partial charge in [-0.05, 0) is 48.0 Å². The summed E-state index contributed by atoms with van der Waals surface area (Å²) in [7, 11) is -8.79. The second-order valence-electron chi connectivity index (χ2n) is 14.0. The van der Waals surface area contributed by atoms with Crippen LogP contribution in [0.4, 0.5) is 5.69 Å². The minimum absolute atomic E-state index is 0.0117. The average Bonchev–Trinajstić information content (AvgIpc) is 3.91. The minimum Gasteiger partial charge on any atom is -0.468 e. The van der Waals surface area contributed by atoms with E-state index in [1.165, 1.54) is 30.3 Å². The van der Waals surface area contributed by atoms with E-state index < -0.39 is 24.9 Å². The number of benzene rings is 6. The molecule has 0 amide bonds. The minimum atomic E-state index is -4.39. The molecule has 9 rings (SSSR count). The van der Waals surface area contributed by atoms with E-state index in [-0.39, 0.29) is 23.1 Å². The molecule has 0 radical (unpaired) electrons. The van der Waals surface area contributed by atoms with Gasteiger partial charge in [0.25, 0.3) is 10.0 Å². The van der Waals surface area contributed by atoms with Gasteiger partial charge < -0.3 is 13.6 Å². The van der Waals surface area contributed by atoms with Gasteiger partial charge in [0.2, 0.25) is 21.8 Å². The Kier molecular flexibility index (Phi) is 10.5. The molecule has 302 valence electrons. The Morgan fingerprint density at radius 1 is 0.557 bits per heavy atom. The van der Waals surface area contributed by atoms with E-state index in [1.807, 2.05) is 121 Å². The lowest BCUT2D eigenvalue weighted by Gasteiger charge is -2.13. The Morgan fingerprint density at radius 2 is 1.13 bits per heavy atom. The van der Waals surface area contributed by atoms with Crippen molar-refractivity contribution >= 4 is 36.6 Å². The summed E-state index contributed by atoms with van der Waals surface area (Å²) in [5.74, 6) is 1.89. The van der Waals surface area contributed by atoms with E-state index >= 15 is 0 Å². The Labute approximate surface area is 351 Å². The van der Waals surface area contributed by atoms with Gasteiger partial charge in [-0.25, -0.2) is 36.9 Å². The Bertz CT molecular complexity index is 3230. The molecule has 0 bridgehead atoms. The first-order valence-electron chi connectivity index (χ1n) is 19.0. The van der Waals surface area contributed by atoms with E-state index in [1.54, 1.807) is 18.2 Å². The average molecular weight is 846 g/mol. The molecule has 0 saturated heterocycles. The van der Waals surface area contributed by atoms with E-state index in [0.717, 1.165) is 27.6 Å². The lowest BCUT2D eigenvalue weighted by atomic mass is 10.1. The maximum atomic E-state index is 14.0. The van der Waals surface area contributed by atoms with Gasteiger partial charge in [0.1, 0.15) is 16.3 Å². The third kappa shape index (κ3) is 8.54. The monoisotopic (exact) mass is 845 g/mol. The van der Waals surface area contributed by atoms with Gasteiger partial charge in [-0.15, -0.1) is 0 Å². The van der Waals surface area contributed by atoms with Gasteiger partial charge in [-0.2, -0.15) is 0 Å². The molecule has 3 N–H and O–H groups in total. The molecule has 9 aromatic rings. The van der Waals surface area contributed by atoms with E-state index in [9.17, 15) is 16.8 Å². The zero-order chi connectivity index (χ0) is 42.0. The molecule has 0 unspecified atom stereocenters. The molecule has 0 fully saturated rings. The number of oxazole rings is 2. The topological polar surface area (TPSA) is 181 Å². The van der Waals surface area contributed by atoms with Crippen molar-refractivity contribution in [2.45, 2.75) is 22.8 Å². The van der Waals surface area contributed by atoms with Crippen LogP contribution in [0, 0.1) is 0 Å². The molecular formula is C47H35N5O7S2. The number of hydrogen-bond acceptors (Lipinski definition) is 10. The lowest BCUT2D eigenvalue weighted by molar-refractivity contribution is 0.256. The number of nitrogens with two attached hydrogens (primary N) is 1. The van der Waals surface area contributed by atoms with E-state index in [4.69, 9.17) is 28.7 Å². The summed E-state index contributed by atoms with van der Waals surface area (Å²) >= 11 is 0. The summed E-state index contributed by atoms with van der Waals surface area (Å²) in [6.07, 6.45) is 0.393. The molecule has 0 aliphatic carbocycles. The molecule has 0 atom stereocenters. The van der Waals surface area contributed by atoms with Crippen LogP contribution in [0.2, 0.25) is 0 Å². The molecule has 0 spiro atoms. The number of primary sulfonamides is 1. The SMILES string of the molecule is NS(=O)(=O)c1ccc(-c2oc(Cc3ccccc3)nc2-c2ccccc2)cc1NS(=O)(=O)c1ccc(-c2nc(COc3ccc4ccccc4n3)oc2-c2ccccc2)cc1. The number of sulfonamides is 2. The van der Waals surface area contributed by atoms with E-state index in [0.29, 0.717) is 52.2 Å². The quantitative estimate of drug-likeness (QED) is 0.113. The molecule has 0 saturated carbocycles. The number of ether oxygens (including phenoxy) is 1. The maximum Gasteiger partial charge on any atom is 0.261 e. The number of para-hydroxylation sites is 1. The van der Waals surface area contributed by atoms with Crippen molar-refractivity contribution in [2.24, 2.45) is 5.14 Å². The van der Waals surface area contributed by atoms with Crippen molar-refractivity contribution in [3.63, 3.8) is 0 Å². The number of anilines is 1. The number of pyridine rings is 1. The first-order chi connectivity index (χ1) is 29.6. The number of aromatic nitrogens is 3. The molecule has 6 aromatic carbocycles. The second-order valence-corrected chi connectivity index (χ2v) is 17.2. The van der Waals surface area contributed by atoms with Gasteiger partial charge in [-0.3, -0.25) is 4.72 Å². The number of fused-ring (bicyclic) bond motifs is 1. The third-order valence-corrected chi connectivity index (χ3v) is 12.1. The van der Waals surface area contributed by atoms with Crippen LogP contribution in [0.3, 0.4) is 0 Å². The lowest BCUT2D eigenvalue weighted by Crippen LogP contribution is -2.19. The fourth-order valence-electron chi connectivity index (χ4n) is 6.86. The predicted molar refractivity (Wildman–Crippen MR) is 232 cm³/mol. The van der Waals surface area contributed by atoms with Crippen LogP contribution in [0.25, 0.3) is 56.1 Å². The fraction of sp³-hybridized carbons (Fsp3) is 0.0426. The van der Waals surface area contributed by atoms with Crippen LogP contribution in [0.1, 0.15) is 17.3 Å². The summed E-state index contributed by atoms with van der Waals surface area (Å²) in [5.41, 5.74) is 4.91. The first-order valence-corrected chi connectivity index (χ1v) is 22.0. The van der Waals surface area contributed by atoms with Crippen molar-refractivity contribution in [3.05, 3.63) is 187 Å². The predicted octanol–water partition coefficient (Wildman–Crippen LogP) is 9.50. The molecule has 0 aliphatic heterocycles. The molecule has 3 aromatic heterocycles. The molecular weight excluding hydrogens is 811 g/mol. The highest BCUT2D eigenvalue weighted by Gasteiger charge is 2.25. The molecule has 0 aliphatic rings. The highest BCUT2D eigenvalue weighted by molar-refractivity contribution is 7.93. The summed E-state index contributed by atoms with van der Waals surface area (Å²) in [6, 6.07) is 49.9. The maximum absolute atomic E-state index is 14.0. The smallest absolute Gasteiger partial charge is 0.261 e. The number of nitrogens with one attached hydrogen (secondary N) is 1. The normalized spacial score (nSPS) is 11.8. The Balaban J connectivity index is 1.02. The number of nitrogens with zero attached hydrogens (tertiary/aromatic N) is 3. The van der Waals surface area contributed by atoms with Crippen LogP contribution in [-0.4, -0.2) is 31.8 Å². The summed E-state index contributed by atoms with van der Waals surface area (Å²) in [6.45, 7) is -0.0117. The summed E-state index contributed by atoms with van der Waals surface area (Å²) in [5, 5.41) is 6.60. The standard InChI is InChI=1S/C47H35N5O7S2/c48-60(53,54)40-26-22-36(47-44(33-15-6-2-7-16-33)50-42(58-47)28-31-12-4-1-5-13-31)29-39(40)52-61(55,56)37-24-20-34(21-25-37)45-46(35-17-8-3-9-18-35)59-43(51-45)30-57-41-27-23-32-14-10-11-19-38(32)49-41/h1-27,29,52H,28,30H2,(H2,48,53,54). The van der Waals surface area contributed by atoms with Gasteiger partial charge in [0.15, 0.2) is 24.0 Å². The van der Waals surface area contributed by atoms with Gasteiger partial charge in [0.05, 0.1) is 16.1 Å². The van der Waals surface area contributed by atoms with E-state index in [2.05, 4.69) is 9.71 Å². The van der Waals surface area contributed by atoms with Gasteiger partial charge in [-0.1, -0.05) is 121 Å². The third-order valence-electron chi connectivity index (χ3n) is 9.77. The van der Waals surface area contributed by atoms with Crippen molar-refractivity contribution in [3.8, 4) is 51.0 Å². The number of hydrogen-bond donors (Lipinski definition) is 2. The highest BCUT2D eigenvalue weighted by Crippen LogP contribution is 2.38. The highest BCUT2D eigenvalue weighted by atomic mass is 32.2. The largest absolute Gasteiger partial charge is 0.468 e. The molecule has 14 heteroatoms. The Hall–Kier alpha value is -7.39. The van der Waals surface area contributed by atoms with Crippen molar-refractivity contribution < 1.29 is 30.4 Å². The van der Waals surface area contributed by atoms with Crippen LogP contribution >= 0.6 is 0 Å². The first kappa shape index (κ1) is 39.1.